The van der Waals surface area contributed by atoms with Crippen LogP contribution in [-0.2, 0) is 0 Å². The summed E-state index contributed by atoms with van der Waals surface area (Å²) in [4.78, 5) is 4.30. The van der Waals surface area contributed by atoms with Crippen LogP contribution in [0, 0.1) is 12.7 Å². The van der Waals surface area contributed by atoms with Crippen LogP contribution in [0.1, 0.15) is 24.2 Å². The molecular formula is C14H12BrCl2FN2. The molecule has 0 radical (unpaired) electrons. The Hall–Kier alpha value is -0.840. The standard InChI is InChI=1S/C14H12BrCl2FN2/c1-7(9-5-12(18)11(17)6-10(9)16)19-13-3-4-14(15)20-8(13)2/h3-7,19H,1-2H3. The number of nitrogens with zero attached hydrogens (tertiary/aromatic N) is 1. The van der Waals surface area contributed by atoms with Crippen LogP contribution in [-0.4, -0.2) is 4.98 Å². The molecule has 20 heavy (non-hydrogen) atoms. The lowest BCUT2D eigenvalue weighted by Crippen LogP contribution is -2.09. The molecule has 1 N–H and O–H groups in total. The first-order valence-electron chi connectivity index (χ1n) is 5.92. The minimum absolute atomic E-state index is 0.0208. The van der Waals surface area contributed by atoms with E-state index in [-0.39, 0.29) is 11.1 Å². The molecule has 1 aromatic heterocycles. The molecular weight excluding hydrogens is 366 g/mol. The number of aryl methyl sites for hydroxylation is 1. The molecule has 6 heteroatoms. The minimum Gasteiger partial charge on any atom is -0.377 e. The molecule has 0 saturated carbocycles. The summed E-state index contributed by atoms with van der Waals surface area (Å²) >= 11 is 15.1. The Morgan fingerprint density at radius 3 is 2.60 bits per heavy atom. The molecule has 0 fully saturated rings. The zero-order valence-corrected chi connectivity index (χ0v) is 13.9. The van der Waals surface area contributed by atoms with Crippen molar-refractivity contribution in [2.24, 2.45) is 0 Å². The number of hydrogen-bond acceptors (Lipinski definition) is 2. The summed E-state index contributed by atoms with van der Waals surface area (Å²) in [6.07, 6.45) is 0. The fraction of sp³-hybridized carbons (Fsp3) is 0.214. The van der Waals surface area contributed by atoms with Gasteiger partial charge in [0.2, 0.25) is 0 Å². The number of pyridine rings is 1. The highest BCUT2D eigenvalue weighted by molar-refractivity contribution is 9.10. The van der Waals surface area contributed by atoms with Crippen molar-refractivity contribution in [1.29, 1.82) is 0 Å². The van der Waals surface area contributed by atoms with Crippen molar-refractivity contribution in [2.75, 3.05) is 5.32 Å². The lowest BCUT2D eigenvalue weighted by Gasteiger charge is -2.18. The van der Waals surface area contributed by atoms with Crippen LogP contribution in [0.15, 0.2) is 28.9 Å². The predicted octanol–water partition coefficient (Wildman–Crippen LogP) is 5.77. The van der Waals surface area contributed by atoms with Gasteiger partial charge in [0.05, 0.1) is 22.4 Å². The maximum absolute atomic E-state index is 13.6. The number of rotatable bonds is 3. The number of aromatic nitrogens is 1. The van der Waals surface area contributed by atoms with Crippen LogP contribution in [0.25, 0.3) is 0 Å². The fourth-order valence-corrected chi connectivity index (χ4v) is 2.81. The van der Waals surface area contributed by atoms with Gasteiger partial charge in [-0.25, -0.2) is 9.37 Å². The Bertz CT molecular complexity index is 649. The molecule has 0 spiro atoms. The van der Waals surface area contributed by atoms with E-state index in [2.05, 4.69) is 26.2 Å². The third kappa shape index (κ3) is 3.43. The molecule has 0 saturated heterocycles. The summed E-state index contributed by atoms with van der Waals surface area (Å²) in [5.41, 5.74) is 2.36. The quantitative estimate of drug-likeness (QED) is 0.542. The van der Waals surface area contributed by atoms with Crippen LogP contribution in [0.5, 0.6) is 0 Å². The van der Waals surface area contributed by atoms with E-state index in [0.717, 1.165) is 16.0 Å². The van der Waals surface area contributed by atoms with E-state index in [1.807, 2.05) is 26.0 Å². The van der Waals surface area contributed by atoms with Crippen LogP contribution in [0.4, 0.5) is 10.1 Å². The van der Waals surface area contributed by atoms with Crippen LogP contribution in [0.2, 0.25) is 10.0 Å². The molecule has 2 rings (SSSR count). The van der Waals surface area contributed by atoms with Gasteiger partial charge in [-0.2, -0.15) is 0 Å². The summed E-state index contributed by atoms with van der Waals surface area (Å²) < 4.78 is 14.3. The maximum Gasteiger partial charge on any atom is 0.142 e. The molecule has 1 atom stereocenters. The molecule has 106 valence electrons. The fourth-order valence-electron chi connectivity index (χ4n) is 1.86. The van der Waals surface area contributed by atoms with Crippen molar-refractivity contribution in [2.45, 2.75) is 19.9 Å². The van der Waals surface area contributed by atoms with Gasteiger partial charge in [-0.05, 0) is 59.6 Å². The van der Waals surface area contributed by atoms with Gasteiger partial charge in [0.25, 0.3) is 0 Å². The molecule has 2 aromatic rings. The van der Waals surface area contributed by atoms with E-state index in [1.165, 1.54) is 12.1 Å². The Labute approximate surface area is 135 Å². The van der Waals surface area contributed by atoms with Gasteiger partial charge in [0.1, 0.15) is 10.4 Å². The first-order valence-corrected chi connectivity index (χ1v) is 7.47. The third-order valence-electron chi connectivity index (χ3n) is 2.93. The lowest BCUT2D eigenvalue weighted by molar-refractivity contribution is 0.624. The summed E-state index contributed by atoms with van der Waals surface area (Å²) in [6.45, 7) is 3.79. The van der Waals surface area contributed by atoms with Crippen molar-refractivity contribution >= 4 is 44.8 Å². The average Bonchev–Trinajstić information content (AvgIpc) is 2.37. The molecule has 2 nitrogen and oxygen atoms in total. The topological polar surface area (TPSA) is 24.9 Å². The van der Waals surface area contributed by atoms with Gasteiger partial charge in [0.15, 0.2) is 0 Å². The second-order valence-electron chi connectivity index (χ2n) is 4.42. The Balaban J connectivity index is 2.28. The molecule has 0 aliphatic heterocycles. The largest absolute Gasteiger partial charge is 0.377 e. The zero-order chi connectivity index (χ0) is 14.9. The van der Waals surface area contributed by atoms with Crippen LogP contribution >= 0.6 is 39.1 Å². The van der Waals surface area contributed by atoms with Crippen molar-refractivity contribution in [3.05, 3.63) is 56.0 Å². The highest BCUT2D eigenvalue weighted by atomic mass is 79.9. The zero-order valence-electron chi connectivity index (χ0n) is 10.8. The van der Waals surface area contributed by atoms with Crippen LogP contribution < -0.4 is 5.32 Å². The average molecular weight is 378 g/mol. The first kappa shape index (κ1) is 15.5. The second-order valence-corrected chi connectivity index (χ2v) is 6.05. The van der Waals surface area contributed by atoms with Crippen molar-refractivity contribution in [3.63, 3.8) is 0 Å². The first-order chi connectivity index (χ1) is 9.38. The van der Waals surface area contributed by atoms with E-state index in [1.54, 1.807) is 0 Å². The van der Waals surface area contributed by atoms with Gasteiger partial charge in [-0.15, -0.1) is 0 Å². The Kier molecular flexibility index (Phi) is 4.89. The second kappa shape index (κ2) is 6.29. The van der Waals surface area contributed by atoms with Crippen molar-refractivity contribution < 1.29 is 4.39 Å². The number of halogens is 4. The predicted molar refractivity (Wildman–Crippen MR) is 85.1 cm³/mol. The summed E-state index contributed by atoms with van der Waals surface area (Å²) in [5.74, 6) is -0.481. The molecule has 0 amide bonds. The molecule has 0 bridgehead atoms. The number of hydrogen-bond donors (Lipinski definition) is 1. The van der Waals surface area contributed by atoms with E-state index < -0.39 is 5.82 Å². The van der Waals surface area contributed by atoms with Crippen LogP contribution in [0.3, 0.4) is 0 Å². The summed E-state index contributed by atoms with van der Waals surface area (Å²) in [6, 6.07) is 6.34. The van der Waals surface area contributed by atoms with Gasteiger partial charge < -0.3 is 5.32 Å². The number of anilines is 1. The van der Waals surface area contributed by atoms with Gasteiger partial charge in [0, 0.05) is 5.02 Å². The van der Waals surface area contributed by atoms with E-state index in [4.69, 9.17) is 23.2 Å². The van der Waals surface area contributed by atoms with Crippen molar-refractivity contribution in [3.8, 4) is 0 Å². The highest BCUT2D eigenvalue weighted by Crippen LogP contribution is 2.31. The Morgan fingerprint density at radius 1 is 1.25 bits per heavy atom. The molecule has 0 aliphatic rings. The minimum atomic E-state index is -0.481. The van der Waals surface area contributed by atoms with E-state index in [0.29, 0.717) is 10.6 Å². The van der Waals surface area contributed by atoms with Crippen molar-refractivity contribution in [1.82, 2.24) is 4.98 Å². The monoisotopic (exact) mass is 376 g/mol. The molecule has 1 unspecified atom stereocenters. The van der Waals surface area contributed by atoms with Gasteiger partial charge in [-0.3, -0.25) is 0 Å². The Morgan fingerprint density at radius 2 is 1.95 bits per heavy atom. The lowest BCUT2D eigenvalue weighted by atomic mass is 10.1. The molecule has 1 heterocycles. The summed E-state index contributed by atoms with van der Waals surface area (Å²) in [5, 5.41) is 3.71. The third-order valence-corrected chi connectivity index (χ3v) is 3.99. The van der Waals surface area contributed by atoms with E-state index in [9.17, 15) is 4.39 Å². The summed E-state index contributed by atoms with van der Waals surface area (Å²) in [7, 11) is 0. The number of nitrogens with one attached hydrogen (secondary N) is 1. The number of benzene rings is 1. The normalized spacial score (nSPS) is 12.3. The molecule has 0 aliphatic carbocycles. The smallest absolute Gasteiger partial charge is 0.142 e. The maximum atomic E-state index is 13.6. The van der Waals surface area contributed by atoms with Gasteiger partial charge >= 0.3 is 0 Å². The highest BCUT2D eigenvalue weighted by Gasteiger charge is 2.14. The van der Waals surface area contributed by atoms with Gasteiger partial charge in [-0.1, -0.05) is 23.2 Å². The van der Waals surface area contributed by atoms with E-state index >= 15 is 0 Å². The SMILES string of the molecule is Cc1nc(Br)ccc1NC(C)c1cc(F)c(Cl)cc1Cl. The molecule has 1 aromatic carbocycles.